The van der Waals surface area contributed by atoms with Crippen molar-refractivity contribution in [3.8, 4) is 17.2 Å². The molecule has 58 heavy (non-hydrogen) atoms. The van der Waals surface area contributed by atoms with E-state index in [2.05, 4.69) is 9.62 Å². The van der Waals surface area contributed by atoms with Crippen molar-refractivity contribution in [1.82, 2.24) is 4.90 Å². The average Bonchev–Trinajstić information content (AvgIpc) is 3.16. The van der Waals surface area contributed by atoms with E-state index in [1.54, 1.807) is 70.2 Å². The van der Waals surface area contributed by atoms with Gasteiger partial charge in [0.2, 0.25) is 10.0 Å². The second-order valence-corrected chi connectivity index (χ2v) is 16.1. The molecule has 306 valence electrons. The molecule has 13 heteroatoms. The number of carbonyl (C=O) groups is 2. The maximum absolute atomic E-state index is 12.4. The zero-order valence-corrected chi connectivity index (χ0v) is 34.1. The maximum atomic E-state index is 12.4. The van der Waals surface area contributed by atoms with Crippen LogP contribution in [-0.4, -0.2) is 62.3 Å². The van der Waals surface area contributed by atoms with Gasteiger partial charge in [-0.3, -0.25) is 9.62 Å². The van der Waals surface area contributed by atoms with Crippen molar-refractivity contribution in [2.75, 3.05) is 24.1 Å². The Morgan fingerprint density at radius 1 is 0.655 bits per heavy atom. The number of benzene rings is 5. The van der Waals surface area contributed by atoms with Crippen molar-refractivity contribution in [3.63, 3.8) is 0 Å². The van der Waals surface area contributed by atoms with Crippen molar-refractivity contribution in [2.45, 2.75) is 65.1 Å². The first-order valence-corrected chi connectivity index (χ1v) is 20.8. The van der Waals surface area contributed by atoms with Gasteiger partial charge in [0.25, 0.3) is 0 Å². The third-order valence-electron chi connectivity index (χ3n) is 8.67. The summed E-state index contributed by atoms with van der Waals surface area (Å²) in [5, 5.41) is 11.8. The third kappa shape index (κ3) is 13.9. The van der Waals surface area contributed by atoms with Crippen LogP contribution in [0.3, 0.4) is 0 Å². The molecule has 0 fully saturated rings. The molecule has 12 nitrogen and oxygen atoms in total. The standard InChI is InChI=1S/C45H50N2O10S/c1-31(2)54-44(49)56-38-21-16-35(17-22-38)40(36-18-23-39(24-19-36)57-45(50)55-32(3)4)28-47(27-33-12-8-6-9-13-33)29-42(48)37-20-25-43(41(26-37)46-58(5,51)52)53-30-34-14-10-7-11-15-34/h6-26,31-32,40,42,46,48H,27-30H2,1-5H3. The summed E-state index contributed by atoms with van der Waals surface area (Å²) in [5.74, 6) is 0.653. The fraction of sp³-hybridized carbons (Fsp3) is 0.289. The molecule has 1 unspecified atom stereocenters. The highest BCUT2D eigenvalue weighted by Gasteiger charge is 2.24. The highest BCUT2D eigenvalue weighted by atomic mass is 32.2. The minimum Gasteiger partial charge on any atom is -0.487 e. The van der Waals surface area contributed by atoms with E-state index in [0.717, 1.165) is 28.5 Å². The summed E-state index contributed by atoms with van der Waals surface area (Å²) in [6.07, 6.45) is -2.27. The highest BCUT2D eigenvalue weighted by molar-refractivity contribution is 7.92. The molecule has 5 aromatic carbocycles. The summed E-state index contributed by atoms with van der Waals surface area (Å²) < 4.78 is 54.4. The summed E-state index contributed by atoms with van der Waals surface area (Å²) >= 11 is 0. The molecule has 0 saturated carbocycles. The van der Waals surface area contributed by atoms with Gasteiger partial charge in [0.05, 0.1) is 30.3 Å². The molecule has 0 bridgehead atoms. The second kappa shape index (κ2) is 20.5. The van der Waals surface area contributed by atoms with Crippen LogP contribution in [0.25, 0.3) is 0 Å². The van der Waals surface area contributed by atoms with Crippen molar-refractivity contribution < 1.29 is 46.8 Å². The monoisotopic (exact) mass is 810 g/mol. The highest BCUT2D eigenvalue weighted by Crippen LogP contribution is 2.33. The number of nitrogens with zero attached hydrogens (tertiary/aromatic N) is 1. The van der Waals surface area contributed by atoms with Gasteiger partial charge in [0.1, 0.15) is 23.9 Å². The molecular formula is C45H50N2O10S. The molecule has 0 amide bonds. The number of aliphatic hydroxyl groups is 1. The summed E-state index contributed by atoms with van der Waals surface area (Å²) in [6.45, 7) is 8.20. The number of hydrogen-bond acceptors (Lipinski definition) is 11. The number of sulfonamides is 1. The first kappa shape index (κ1) is 43.2. The zero-order chi connectivity index (χ0) is 41.7. The lowest BCUT2D eigenvalue weighted by molar-refractivity contribution is 0.0717. The lowest BCUT2D eigenvalue weighted by atomic mass is 9.90. The van der Waals surface area contributed by atoms with Gasteiger partial charge in [-0.2, -0.15) is 0 Å². The summed E-state index contributed by atoms with van der Waals surface area (Å²) in [7, 11) is -3.69. The number of carbonyl (C=O) groups excluding carboxylic acids is 2. The quantitative estimate of drug-likeness (QED) is 0.0646. The minimum absolute atomic E-state index is 0.165. The van der Waals surface area contributed by atoms with Crippen LogP contribution in [0.2, 0.25) is 0 Å². The lowest BCUT2D eigenvalue weighted by Crippen LogP contribution is -2.33. The van der Waals surface area contributed by atoms with Crippen molar-refractivity contribution >= 4 is 28.0 Å². The Kier molecular flexibility index (Phi) is 15.3. The fourth-order valence-corrected chi connectivity index (χ4v) is 6.67. The van der Waals surface area contributed by atoms with E-state index in [1.807, 2.05) is 84.9 Å². The molecule has 5 aromatic rings. The average molecular weight is 811 g/mol. The lowest BCUT2D eigenvalue weighted by Gasteiger charge is -2.30. The van der Waals surface area contributed by atoms with E-state index in [-0.39, 0.29) is 37.0 Å². The van der Waals surface area contributed by atoms with Crippen molar-refractivity contribution in [2.24, 2.45) is 0 Å². The van der Waals surface area contributed by atoms with Crippen molar-refractivity contribution in [1.29, 1.82) is 0 Å². The van der Waals surface area contributed by atoms with Crippen molar-refractivity contribution in [3.05, 3.63) is 155 Å². The largest absolute Gasteiger partial charge is 0.514 e. The molecule has 0 spiro atoms. The minimum atomic E-state index is -3.69. The van der Waals surface area contributed by atoms with Gasteiger partial charge in [-0.25, -0.2) is 18.0 Å². The Hall–Kier alpha value is -5.89. The molecule has 2 N–H and O–H groups in total. The van der Waals surface area contributed by atoms with Crippen LogP contribution < -0.4 is 18.9 Å². The number of rotatable bonds is 18. The summed E-state index contributed by atoms with van der Waals surface area (Å²) in [5.41, 5.74) is 4.38. The molecule has 0 aliphatic carbocycles. The molecule has 0 saturated heterocycles. The number of hydrogen-bond donors (Lipinski definition) is 2. The van der Waals surface area contributed by atoms with Gasteiger partial charge in [0, 0.05) is 25.6 Å². The SMILES string of the molecule is CC(C)OC(=O)Oc1ccc(C(CN(Cc2ccccc2)CC(O)c2ccc(OCc3ccccc3)c(NS(C)(=O)=O)c2)c2ccc(OC(=O)OC(C)C)cc2)cc1. The van der Waals surface area contributed by atoms with Crippen LogP contribution in [0.1, 0.15) is 67.5 Å². The Morgan fingerprint density at radius 3 is 1.62 bits per heavy atom. The summed E-state index contributed by atoms with van der Waals surface area (Å²) in [4.78, 5) is 26.5. The predicted octanol–water partition coefficient (Wildman–Crippen LogP) is 8.85. The Balaban J connectivity index is 1.45. The van der Waals surface area contributed by atoms with E-state index < -0.39 is 28.4 Å². The number of anilines is 1. The predicted molar refractivity (Wildman–Crippen MR) is 222 cm³/mol. The molecule has 1 atom stereocenters. The maximum Gasteiger partial charge on any atom is 0.514 e. The van der Waals surface area contributed by atoms with Crippen LogP contribution in [0, 0.1) is 0 Å². The summed E-state index contributed by atoms with van der Waals surface area (Å²) in [6, 6.07) is 38.5. The van der Waals surface area contributed by atoms with Gasteiger partial charge < -0.3 is 28.8 Å². The molecular weight excluding hydrogens is 761 g/mol. The van der Waals surface area contributed by atoms with E-state index in [1.165, 1.54) is 0 Å². The normalized spacial score (nSPS) is 12.0. The smallest absolute Gasteiger partial charge is 0.487 e. The Bertz CT molecular complexity index is 2110. The van der Waals surface area contributed by atoms with Gasteiger partial charge in [-0.15, -0.1) is 0 Å². The molecule has 0 aliphatic rings. The van der Waals surface area contributed by atoms with E-state index in [9.17, 15) is 23.1 Å². The van der Waals surface area contributed by atoms with Gasteiger partial charge in [0.15, 0.2) is 0 Å². The van der Waals surface area contributed by atoms with E-state index in [4.69, 9.17) is 23.7 Å². The molecule has 5 rings (SSSR count). The molecule has 0 radical (unpaired) electrons. The molecule has 0 aromatic heterocycles. The first-order chi connectivity index (χ1) is 27.7. The second-order valence-electron chi connectivity index (χ2n) is 14.3. The van der Waals surface area contributed by atoms with Crippen LogP contribution in [0.4, 0.5) is 15.3 Å². The molecule has 0 aliphatic heterocycles. The Labute approximate surface area is 340 Å². The van der Waals surface area contributed by atoms with Crippen LogP contribution >= 0.6 is 0 Å². The number of aliphatic hydroxyl groups excluding tert-OH is 1. The van der Waals surface area contributed by atoms with Crippen LogP contribution in [-0.2, 0) is 32.6 Å². The van der Waals surface area contributed by atoms with Gasteiger partial charge in [-0.05, 0) is 91.9 Å². The fourth-order valence-electron chi connectivity index (χ4n) is 6.11. The third-order valence-corrected chi connectivity index (χ3v) is 9.26. The van der Waals surface area contributed by atoms with Crippen LogP contribution in [0.5, 0.6) is 17.2 Å². The number of nitrogens with one attached hydrogen (secondary N) is 1. The van der Waals surface area contributed by atoms with E-state index >= 15 is 0 Å². The van der Waals surface area contributed by atoms with Gasteiger partial charge >= 0.3 is 12.3 Å². The van der Waals surface area contributed by atoms with Crippen LogP contribution in [0.15, 0.2) is 127 Å². The topological polar surface area (TPSA) is 150 Å². The van der Waals surface area contributed by atoms with Gasteiger partial charge in [-0.1, -0.05) is 91.0 Å². The molecule has 0 heterocycles. The first-order valence-electron chi connectivity index (χ1n) is 18.9. The zero-order valence-electron chi connectivity index (χ0n) is 33.2. The number of ether oxygens (including phenoxy) is 5. The Morgan fingerprint density at radius 2 is 1.14 bits per heavy atom. The van der Waals surface area contributed by atoms with E-state index in [0.29, 0.717) is 35.9 Å².